The van der Waals surface area contributed by atoms with Gasteiger partial charge in [-0.05, 0) is 104 Å². The number of nitrogens with one attached hydrogen (secondary N) is 2. The van der Waals surface area contributed by atoms with Gasteiger partial charge in [-0.2, -0.15) is 0 Å². The lowest BCUT2D eigenvalue weighted by Crippen LogP contribution is -2.48. The van der Waals surface area contributed by atoms with E-state index >= 15 is 0 Å². The number of fused-ring (bicyclic) bond motifs is 9. The molecule has 4 aliphatic rings. The first kappa shape index (κ1) is 30.1. The minimum Gasteiger partial charge on any atom is -0.343 e. The summed E-state index contributed by atoms with van der Waals surface area (Å²) >= 11 is 1.70. The number of hydrogen-bond acceptors (Lipinski definition) is 7. The van der Waals surface area contributed by atoms with E-state index in [4.69, 9.17) is 4.98 Å². The Morgan fingerprint density at radius 3 is 2.51 bits per heavy atom. The molecule has 3 aliphatic carbocycles. The number of aromatic nitrogens is 2. The fourth-order valence-corrected chi connectivity index (χ4v) is 9.87. The molecule has 2 N–H and O–H groups in total. The van der Waals surface area contributed by atoms with Gasteiger partial charge in [0.25, 0.3) is 11.5 Å². The molecular formula is C37H40N6O3S. The number of benzene rings is 2. The van der Waals surface area contributed by atoms with Crippen LogP contribution in [0.25, 0.3) is 11.3 Å². The van der Waals surface area contributed by atoms with E-state index in [9.17, 15) is 14.4 Å². The number of aryl methyl sites for hydroxylation is 1. The molecule has 1 saturated heterocycles. The van der Waals surface area contributed by atoms with Crippen molar-refractivity contribution in [2.75, 3.05) is 37.8 Å². The Labute approximate surface area is 278 Å². The predicted octanol–water partition coefficient (Wildman–Crippen LogP) is 6.26. The average Bonchev–Trinajstić information content (AvgIpc) is 3.75. The third kappa shape index (κ3) is 5.09. The molecule has 1 aliphatic heterocycles. The van der Waals surface area contributed by atoms with Crippen LogP contribution in [0.4, 0.5) is 17.2 Å². The van der Waals surface area contributed by atoms with Crippen LogP contribution in [-0.4, -0.2) is 58.4 Å². The van der Waals surface area contributed by atoms with Gasteiger partial charge in [-0.3, -0.25) is 19.3 Å². The van der Waals surface area contributed by atoms with Crippen molar-refractivity contribution in [3.63, 3.8) is 0 Å². The number of nitrogens with zero attached hydrogens (tertiary/aromatic N) is 4. The monoisotopic (exact) mass is 648 g/mol. The molecule has 0 spiro atoms. The number of piperazine rings is 1. The first-order valence-corrected chi connectivity index (χ1v) is 17.4. The first-order chi connectivity index (χ1) is 22.7. The number of hydrogen-bond donors (Lipinski definition) is 2. The smallest absolute Gasteiger partial charge is 0.293 e. The van der Waals surface area contributed by atoms with Gasteiger partial charge < -0.3 is 20.1 Å². The normalized spacial score (nSPS) is 24.8. The zero-order chi connectivity index (χ0) is 32.6. The number of rotatable bonds is 6. The maximum absolute atomic E-state index is 13.6. The molecule has 9 nitrogen and oxygen atoms in total. The second kappa shape index (κ2) is 11.5. The van der Waals surface area contributed by atoms with Crippen LogP contribution in [0.1, 0.15) is 74.8 Å². The molecule has 2 aromatic carbocycles. The molecule has 3 fully saturated rings. The molecule has 2 amide bonds. The van der Waals surface area contributed by atoms with Gasteiger partial charge in [0.05, 0.1) is 10.6 Å². The molecule has 8 rings (SSSR count). The predicted molar refractivity (Wildman–Crippen MR) is 186 cm³/mol. The molecule has 2 saturated carbocycles. The van der Waals surface area contributed by atoms with Crippen LogP contribution in [0, 0.1) is 18.8 Å². The number of carbonyl (C=O) groups is 2. The third-order valence-electron chi connectivity index (χ3n) is 11.2. The zero-order valence-electron chi connectivity index (χ0n) is 27.2. The summed E-state index contributed by atoms with van der Waals surface area (Å²) in [6.07, 6.45) is 7.06. The van der Waals surface area contributed by atoms with Crippen LogP contribution < -0.4 is 16.2 Å². The summed E-state index contributed by atoms with van der Waals surface area (Å²) in [6.45, 7) is 3.49. The maximum atomic E-state index is 13.6. The second-order valence-corrected chi connectivity index (χ2v) is 15.0. The van der Waals surface area contributed by atoms with Crippen LogP contribution in [0.2, 0.25) is 0 Å². The van der Waals surface area contributed by atoms with E-state index in [1.54, 1.807) is 29.5 Å². The number of likely N-dealkylation sites (N-methyl/N-ethyl adjacent to an activating group) is 2. The van der Waals surface area contributed by atoms with Crippen molar-refractivity contribution in [1.82, 2.24) is 19.4 Å². The van der Waals surface area contributed by atoms with E-state index in [0.717, 1.165) is 45.6 Å². The Balaban J connectivity index is 1.02. The quantitative estimate of drug-likeness (QED) is 0.256. The van der Waals surface area contributed by atoms with Crippen LogP contribution in [0.3, 0.4) is 0 Å². The average molecular weight is 649 g/mol. The second-order valence-electron chi connectivity index (χ2n) is 13.9. The van der Waals surface area contributed by atoms with Gasteiger partial charge in [0.2, 0.25) is 5.91 Å². The Morgan fingerprint density at radius 2 is 1.72 bits per heavy atom. The van der Waals surface area contributed by atoms with Gasteiger partial charge in [-0.15, -0.1) is 11.3 Å². The SMILES string of the molecule is Cc1c(NC(=O)c2cc3c(s2)[C@@H]2C[C@H]3[C@@H]3CC[C@@H]2C3)cccc1-c1cn(C)c(=O)c(Nc2ccc([C@@H]3C(=O)N(C)CCN3C)cc2)n1. The lowest BCUT2D eigenvalue weighted by molar-refractivity contribution is -0.139. The minimum atomic E-state index is -0.330. The van der Waals surface area contributed by atoms with Crippen molar-refractivity contribution in [3.05, 3.63) is 91.5 Å². The molecule has 10 heteroatoms. The summed E-state index contributed by atoms with van der Waals surface area (Å²) in [5, 5.41) is 6.38. The summed E-state index contributed by atoms with van der Waals surface area (Å²) in [5.74, 6) is 3.09. The molecule has 3 heterocycles. The largest absolute Gasteiger partial charge is 0.343 e. The van der Waals surface area contributed by atoms with Crippen LogP contribution in [0.5, 0.6) is 0 Å². The summed E-state index contributed by atoms with van der Waals surface area (Å²) in [6, 6.07) is 15.2. The lowest BCUT2D eigenvalue weighted by atomic mass is 9.78. The Kier molecular flexibility index (Phi) is 7.33. The Bertz CT molecular complexity index is 1930. The van der Waals surface area contributed by atoms with Crippen molar-refractivity contribution in [2.45, 2.75) is 50.5 Å². The first-order valence-electron chi connectivity index (χ1n) is 16.6. The molecule has 47 heavy (non-hydrogen) atoms. The van der Waals surface area contributed by atoms with Gasteiger partial charge in [0, 0.05) is 55.2 Å². The van der Waals surface area contributed by atoms with E-state index in [1.165, 1.54) is 40.7 Å². The third-order valence-corrected chi connectivity index (χ3v) is 12.4. The summed E-state index contributed by atoms with van der Waals surface area (Å²) in [4.78, 5) is 50.4. The van der Waals surface area contributed by atoms with Crippen LogP contribution in [0.15, 0.2) is 59.5 Å². The molecular weight excluding hydrogens is 609 g/mol. The van der Waals surface area contributed by atoms with Crippen molar-refractivity contribution in [1.29, 1.82) is 0 Å². The van der Waals surface area contributed by atoms with E-state index in [1.807, 2.05) is 63.5 Å². The van der Waals surface area contributed by atoms with Crippen LogP contribution in [-0.2, 0) is 11.8 Å². The number of amides is 2. The Hall–Kier alpha value is -4.28. The van der Waals surface area contributed by atoms with Gasteiger partial charge in [-0.25, -0.2) is 4.98 Å². The number of carbonyl (C=O) groups excluding carboxylic acids is 2. The van der Waals surface area contributed by atoms with E-state index < -0.39 is 0 Å². The highest BCUT2D eigenvalue weighted by Gasteiger charge is 2.49. The molecule has 0 radical (unpaired) electrons. The van der Waals surface area contributed by atoms with Gasteiger partial charge in [-0.1, -0.05) is 24.3 Å². The standard InChI is InChI=1S/C37H40N6O3S/c1-20-25(6-5-7-29(20)40-35(44)31-18-28-26-17-27(33(28)47-31)23-9-8-22(26)16-23)30-19-43(4)37(46)34(39-30)38-24-12-10-21(11-13-24)32-36(45)42(3)15-14-41(32)2/h5-7,10-13,18-19,22-23,26-27,32H,8-9,14-17H2,1-4H3,(H,38,39)(H,40,44)/t22-,23-,26+,27-,32-/m1/s1. The molecule has 0 unspecified atom stereocenters. The number of anilines is 3. The molecule has 5 atom stereocenters. The van der Waals surface area contributed by atoms with Crippen molar-refractivity contribution in [3.8, 4) is 11.3 Å². The maximum Gasteiger partial charge on any atom is 0.293 e. The Morgan fingerprint density at radius 1 is 0.957 bits per heavy atom. The minimum absolute atomic E-state index is 0.0675. The van der Waals surface area contributed by atoms with Crippen molar-refractivity contribution >= 4 is 40.3 Å². The summed E-state index contributed by atoms with van der Waals surface area (Å²) in [7, 11) is 5.50. The fraction of sp³-hybridized carbons (Fsp3) is 0.405. The van der Waals surface area contributed by atoms with Crippen LogP contribution >= 0.6 is 11.3 Å². The zero-order valence-corrected chi connectivity index (χ0v) is 28.1. The summed E-state index contributed by atoms with van der Waals surface area (Å²) in [5.41, 5.74) is 5.85. The van der Waals surface area contributed by atoms with Crippen molar-refractivity contribution in [2.24, 2.45) is 18.9 Å². The van der Waals surface area contributed by atoms with E-state index in [-0.39, 0.29) is 29.2 Å². The van der Waals surface area contributed by atoms with E-state index in [0.29, 0.717) is 29.8 Å². The summed E-state index contributed by atoms with van der Waals surface area (Å²) < 4.78 is 1.52. The highest BCUT2D eigenvalue weighted by molar-refractivity contribution is 7.14. The number of thiophene rings is 1. The van der Waals surface area contributed by atoms with Gasteiger partial charge in [0.15, 0.2) is 5.82 Å². The lowest BCUT2D eigenvalue weighted by Gasteiger charge is -2.37. The molecule has 4 bridgehead atoms. The van der Waals surface area contributed by atoms with Gasteiger partial charge in [0.1, 0.15) is 6.04 Å². The highest BCUT2D eigenvalue weighted by atomic mass is 32.1. The van der Waals surface area contributed by atoms with Gasteiger partial charge >= 0.3 is 0 Å². The molecule has 4 aromatic rings. The van der Waals surface area contributed by atoms with Crippen molar-refractivity contribution < 1.29 is 9.59 Å². The topological polar surface area (TPSA) is 99.6 Å². The molecule has 2 aromatic heterocycles. The molecule has 242 valence electrons. The fourth-order valence-electron chi connectivity index (χ4n) is 8.53. The highest BCUT2D eigenvalue weighted by Crippen LogP contribution is 2.63. The van der Waals surface area contributed by atoms with E-state index in [2.05, 4.69) is 21.6 Å².